The second kappa shape index (κ2) is 15.9. The molecule has 0 heterocycles. The number of rotatable bonds is 12. The monoisotopic (exact) mass is 713 g/mol. The van der Waals surface area contributed by atoms with E-state index in [1.807, 2.05) is 0 Å². The van der Waals surface area contributed by atoms with Gasteiger partial charge in [0.15, 0.2) is 18.1 Å². The molecule has 0 bridgehead atoms. The van der Waals surface area contributed by atoms with Crippen molar-refractivity contribution in [1.82, 2.24) is 5.32 Å². The van der Waals surface area contributed by atoms with E-state index in [0.29, 0.717) is 36.8 Å². The second-order valence-electron chi connectivity index (χ2n) is 17.7. The molecule has 0 aromatic rings. The van der Waals surface area contributed by atoms with Gasteiger partial charge < -0.3 is 20.3 Å². The molecule has 0 radical (unpaired) electrons. The highest BCUT2D eigenvalue weighted by molar-refractivity contribution is 6.01. The Bertz CT molecular complexity index is 1370. The van der Waals surface area contributed by atoms with Crippen LogP contribution < -0.4 is 5.32 Å². The maximum Gasteiger partial charge on any atom is 0.306 e. The molecule has 0 spiro atoms. The van der Waals surface area contributed by atoms with E-state index in [-0.39, 0.29) is 31.0 Å². The molecule has 51 heavy (non-hydrogen) atoms. The molecule has 0 aromatic carbocycles. The van der Waals surface area contributed by atoms with Crippen LogP contribution in [0.1, 0.15) is 150 Å². The van der Waals surface area contributed by atoms with Gasteiger partial charge in [-0.2, -0.15) is 0 Å². The van der Waals surface area contributed by atoms with Crippen LogP contribution in [0.5, 0.6) is 0 Å². The van der Waals surface area contributed by atoms with E-state index in [1.54, 1.807) is 26.8 Å². The number of hydrogen-bond acceptors (Lipinski definition) is 7. The first-order chi connectivity index (χ1) is 24.1. The van der Waals surface area contributed by atoms with Gasteiger partial charge in [-0.05, 0) is 87.7 Å². The second-order valence-corrected chi connectivity index (χ2v) is 17.7. The normalized spacial score (nSPS) is 37.7. The largest absolute Gasteiger partial charge is 0.458 e. The van der Waals surface area contributed by atoms with Gasteiger partial charge in [0.1, 0.15) is 5.60 Å². The van der Waals surface area contributed by atoms with Gasteiger partial charge in [-0.15, -0.1) is 0 Å². The number of esters is 1. The van der Waals surface area contributed by atoms with Crippen LogP contribution in [0.15, 0.2) is 23.8 Å². The Hall–Kier alpha value is -2.39. The molecule has 0 saturated heterocycles. The molecule has 9 heteroatoms. The number of aliphatic hydroxyl groups is 2. The summed E-state index contributed by atoms with van der Waals surface area (Å²) < 4.78 is 22.7. The lowest BCUT2D eigenvalue weighted by Gasteiger charge is -2.62. The number of fused-ring (bicyclic) bond motifs is 5. The van der Waals surface area contributed by atoms with Crippen molar-refractivity contribution in [3.63, 3.8) is 0 Å². The fourth-order valence-electron chi connectivity index (χ4n) is 11.2. The summed E-state index contributed by atoms with van der Waals surface area (Å²) in [5.41, 5.74) is -5.20. The van der Waals surface area contributed by atoms with Crippen molar-refractivity contribution < 1.29 is 38.5 Å². The molecule has 286 valence electrons. The van der Waals surface area contributed by atoms with E-state index in [2.05, 4.69) is 12.2 Å². The molecule has 5 aliphatic rings. The molecular formula is C42H64FNO7. The molecule has 0 aromatic heterocycles. The van der Waals surface area contributed by atoms with Crippen molar-refractivity contribution >= 4 is 23.4 Å². The van der Waals surface area contributed by atoms with Gasteiger partial charge in [0.05, 0.1) is 12.5 Å². The van der Waals surface area contributed by atoms with E-state index in [1.165, 1.54) is 76.4 Å². The first-order valence-corrected chi connectivity index (χ1v) is 20.1. The molecule has 4 saturated carbocycles. The van der Waals surface area contributed by atoms with Gasteiger partial charge in [0.25, 0.3) is 0 Å². The minimum Gasteiger partial charge on any atom is -0.458 e. The molecule has 1 amide bonds. The summed E-state index contributed by atoms with van der Waals surface area (Å²) in [6, 6.07) is 0. The minimum atomic E-state index is -2.06. The highest BCUT2D eigenvalue weighted by Crippen LogP contribution is 2.70. The topological polar surface area (TPSA) is 130 Å². The average molecular weight is 714 g/mol. The van der Waals surface area contributed by atoms with Crippen LogP contribution in [0.4, 0.5) is 4.39 Å². The van der Waals surface area contributed by atoms with E-state index in [4.69, 9.17) is 4.74 Å². The number of hydrogen-bond donors (Lipinski definition) is 3. The third-order valence-electron chi connectivity index (χ3n) is 14.4. The summed E-state index contributed by atoms with van der Waals surface area (Å²) in [5.74, 6) is -3.39. The number of alkyl halides is 1. The lowest BCUT2D eigenvalue weighted by atomic mass is 9.44. The van der Waals surface area contributed by atoms with Crippen molar-refractivity contribution in [1.29, 1.82) is 0 Å². The zero-order chi connectivity index (χ0) is 37.1. The highest BCUT2D eigenvalue weighted by Gasteiger charge is 2.75. The number of Topliss-reactive ketones (excluding diaryl/α,β-unsaturated/α-hetero) is 1. The summed E-state index contributed by atoms with van der Waals surface area (Å²) in [6.07, 6.45) is 20.3. The smallest absolute Gasteiger partial charge is 0.306 e. The Morgan fingerprint density at radius 1 is 0.961 bits per heavy atom. The number of ketones is 2. The minimum absolute atomic E-state index is 0.0484. The number of carbonyl (C=O) groups is 4. The molecule has 5 rings (SSSR count). The van der Waals surface area contributed by atoms with E-state index < -0.39 is 64.3 Å². The maximum atomic E-state index is 17.4. The molecule has 0 unspecified atom stereocenters. The Balaban J connectivity index is 1.06. The number of allylic oxidation sites excluding steroid dienone is 4. The summed E-state index contributed by atoms with van der Waals surface area (Å²) in [7, 11) is 0. The standard InChI is InChI=1S/C42H64FNO7/c1-29-25-33-32-16-15-30-26-31(45)19-23-39(30,3)41(32,43)34(46)27-40(33,4)42(29,50)35(47)28-51-37(49)18-17-36(48)44-24-14-10-13-22-38(2)20-11-8-6-5-7-9-12-21-38/h19,23,26,29,32-34,46,50H,5-18,20-22,24-25,27-28H2,1-4H3,(H,44,48)/t29-,32+,33+,34+,39+,40+,41+,42+/m1/s1. The van der Waals surface area contributed by atoms with Crippen LogP contribution >= 0.6 is 0 Å². The van der Waals surface area contributed by atoms with E-state index in [0.717, 1.165) is 19.3 Å². The third-order valence-corrected chi connectivity index (χ3v) is 14.4. The van der Waals surface area contributed by atoms with E-state index in [9.17, 15) is 29.4 Å². The van der Waals surface area contributed by atoms with Crippen LogP contribution in [0, 0.1) is 34.0 Å². The third kappa shape index (κ3) is 7.67. The van der Waals surface area contributed by atoms with Crippen molar-refractivity contribution in [2.24, 2.45) is 34.0 Å². The van der Waals surface area contributed by atoms with Crippen LogP contribution in [0.3, 0.4) is 0 Å². The summed E-state index contributed by atoms with van der Waals surface area (Å²) >= 11 is 0. The maximum absolute atomic E-state index is 17.4. The van der Waals surface area contributed by atoms with Crippen LogP contribution in [0.25, 0.3) is 0 Å². The van der Waals surface area contributed by atoms with Gasteiger partial charge in [-0.3, -0.25) is 19.2 Å². The molecular weight excluding hydrogens is 649 g/mol. The number of unbranched alkanes of at least 4 members (excludes halogenated alkanes) is 2. The quantitative estimate of drug-likeness (QED) is 0.142. The zero-order valence-electron chi connectivity index (χ0n) is 31.7. The molecule has 8 nitrogen and oxygen atoms in total. The highest BCUT2D eigenvalue weighted by atomic mass is 19.1. The number of amides is 1. The first-order valence-electron chi connectivity index (χ1n) is 20.1. The average Bonchev–Trinajstić information content (AvgIpc) is 3.29. The summed E-state index contributed by atoms with van der Waals surface area (Å²) in [6.45, 7) is 7.61. The number of halogens is 1. The predicted molar refractivity (Wildman–Crippen MR) is 194 cm³/mol. The Kier molecular flexibility index (Phi) is 12.4. The van der Waals surface area contributed by atoms with Gasteiger partial charge in [0, 0.05) is 29.7 Å². The van der Waals surface area contributed by atoms with Crippen LogP contribution in [-0.2, 0) is 23.9 Å². The SMILES string of the molecule is C[C@@H]1C[C@H]2[C@@H]3CCC4=CC(=O)C=C[C@]4(C)[C@@]3(F)[C@@H](O)C[C@]2(C)[C@@]1(O)C(=O)COC(=O)CCC(=O)NCCCCCC1(C)CCCCCCCCC1. The number of nitrogens with one attached hydrogen (secondary N) is 1. The van der Waals surface area contributed by atoms with Gasteiger partial charge in [0.2, 0.25) is 11.7 Å². The van der Waals surface area contributed by atoms with E-state index >= 15 is 4.39 Å². The number of aliphatic hydroxyl groups excluding tert-OH is 1. The molecule has 8 atom stereocenters. The Labute approximate surface area is 304 Å². The van der Waals surface area contributed by atoms with Crippen LogP contribution in [0.2, 0.25) is 0 Å². The van der Waals surface area contributed by atoms with Crippen molar-refractivity contribution in [2.45, 2.75) is 167 Å². The fourth-order valence-corrected chi connectivity index (χ4v) is 11.2. The van der Waals surface area contributed by atoms with Gasteiger partial charge >= 0.3 is 5.97 Å². The lowest BCUT2D eigenvalue weighted by molar-refractivity contribution is -0.220. The van der Waals surface area contributed by atoms with Crippen molar-refractivity contribution in [3.05, 3.63) is 23.8 Å². The predicted octanol–water partition coefficient (Wildman–Crippen LogP) is 7.43. The zero-order valence-corrected chi connectivity index (χ0v) is 31.7. The molecule has 4 fully saturated rings. The Morgan fingerprint density at radius 3 is 2.31 bits per heavy atom. The summed E-state index contributed by atoms with van der Waals surface area (Å²) in [4.78, 5) is 50.9. The lowest BCUT2D eigenvalue weighted by Crippen LogP contribution is -2.69. The Morgan fingerprint density at radius 2 is 1.63 bits per heavy atom. The summed E-state index contributed by atoms with van der Waals surface area (Å²) in [5, 5.41) is 26.5. The van der Waals surface area contributed by atoms with Crippen molar-refractivity contribution in [3.8, 4) is 0 Å². The molecule has 5 aliphatic carbocycles. The fraction of sp³-hybridized carbons (Fsp3) is 0.810. The number of carbonyl (C=O) groups excluding carboxylic acids is 4. The molecule has 0 aliphatic heterocycles. The van der Waals surface area contributed by atoms with Gasteiger partial charge in [-0.1, -0.05) is 90.2 Å². The van der Waals surface area contributed by atoms with Crippen LogP contribution in [-0.4, -0.2) is 64.2 Å². The number of ether oxygens (including phenoxy) is 1. The molecule has 3 N–H and O–H groups in total. The van der Waals surface area contributed by atoms with Crippen molar-refractivity contribution in [2.75, 3.05) is 13.2 Å². The first kappa shape index (κ1) is 39.8. The van der Waals surface area contributed by atoms with Gasteiger partial charge in [-0.25, -0.2) is 4.39 Å².